The zero-order chi connectivity index (χ0) is 22.1. The zero-order valence-corrected chi connectivity index (χ0v) is 17.1. The Kier molecular flexibility index (Phi) is 5.22. The molecule has 1 aromatic carbocycles. The van der Waals surface area contributed by atoms with Crippen molar-refractivity contribution < 1.29 is 13.6 Å². The highest BCUT2D eigenvalue weighted by Gasteiger charge is 2.19. The highest BCUT2D eigenvalue weighted by molar-refractivity contribution is 6.11. The van der Waals surface area contributed by atoms with Gasteiger partial charge in [-0.05, 0) is 43.0 Å². The molecule has 1 saturated heterocycles. The first kappa shape index (κ1) is 20.0. The van der Waals surface area contributed by atoms with E-state index in [2.05, 4.69) is 36.4 Å². The number of piperidine rings is 1. The number of carbonyl (C=O) groups is 1. The van der Waals surface area contributed by atoms with E-state index in [4.69, 9.17) is 0 Å². The summed E-state index contributed by atoms with van der Waals surface area (Å²) in [6.45, 7) is 2.02. The SMILES string of the molecule is O=C(Nc1c(F)cncc1F)c1n[nH]c2ccc(-c3cncc(N4CCCCC4)c3)cc12. The van der Waals surface area contributed by atoms with Gasteiger partial charge in [-0.25, -0.2) is 8.78 Å². The lowest BCUT2D eigenvalue weighted by Crippen LogP contribution is -2.29. The van der Waals surface area contributed by atoms with E-state index in [0.717, 1.165) is 42.3 Å². The smallest absolute Gasteiger partial charge is 0.276 e. The fourth-order valence-electron chi connectivity index (χ4n) is 3.98. The van der Waals surface area contributed by atoms with Crippen molar-refractivity contribution in [3.63, 3.8) is 0 Å². The number of aromatic nitrogens is 4. The van der Waals surface area contributed by atoms with Gasteiger partial charge in [0.05, 0.1) is 29.8 Å². The van der Waals surface area contributed by atoms with Crippen molar-refractivity contribution in [2.75, 3.05) is 23.3 Å². The van der Waals surface area contributed by atoms with E-state index in [1.54, 1.807) is 6.20 Å². The van der Waals surface area contributed by atoms with Crippen LogP contribution in [0.2, 0.25) is 0 Å². The zero-order valence-electron chi connectivity index (χ0n) is 17.1. The normalized spacial score (nSPS) is 14.0. The first-order valence-corrected chi connectivity index (χ1v) is 10.4. The topological polar surface area (TPSA) is 86.8 Å². The molecule has 4 aromatic rings. The summed E-state index contributed by atoms with van der Waals surface area (Å²) < 4.78 is 27.8. The van der Waals surface area contributed by atoms with E-state index in [1.807, 2.05) is 24.4 Å². The van der Waals surface area contributed by atoms with E-state index in [0.29, 0.717) is 10.9 Å². The molecule has 9 heteroatoms. The molecule has 3 aromatic heterocycles. The number of nitrogens with one attached hydrogen (secondary N) is 2. The number of carbonyl (C=O) groups excluding carboxylic acids is 1. The van der Waals surface area contributed by atoms with Gasteiger partial charge >= 0.3 is 0 Å². The Morgan fingerprint density at radius 2 is 1.69 bits per heavy atom. The summed E-state index contributed by atoms with van der Waals surface area (Å²) >= 11 is 0. The minimum Gasteiger partial charge on any atom is -0.370 e. The average Bonchev–Trinajstić information content (AvgIpc) is 3.25. The number of H-pyrrole nitrogens is 1. The van der Waals surface area contributed by atoms with Crippen LogP contribution in [0.4, 0.5) is 20.2 Å². The van der Waals surface area contributed by atoms with E-state index in [-0.39, 0.29) is 5.69 Å². The number of aromatic amines is 1. The van der Waals surface area contributed by atoms with Gasteiger partial charge in [0.15, 0.2) is 17.3 Å². The minimum absolute atomic E-state index is 0.0395. The predicted octanol–water partition coefficient (Wildman–Crippen LogP) is 4.54. The van der Waals surface area contributed by atoms with Crippen LogP contribution in [0.25, 0.3) is 22.0 Å². The minimum atomic E-state index is -0.959. The second kappa shape index (κ2) is 8.33. The third-order valence-corrected chi connectivity index (χ3v) is 5.65. The molecular weight excluding hydrogens is 414 g/mol. The van der Waals surface area contributed by atoms with Crippen LogP contribution in [0.1, 0.15) is 29.8 Å². The number of rotatable bonds is 4. The molecule has 7 nitrogen and oxygen atoms in total. The van der Waals surface area contributed by atoms with Crippen LogP contribution in [0.15, 0.2) is 49.1 Å². The lowest BCUT2D eigenvalue weighted by Gasteiger charge is -2.28. The maximum atomic E-state index is 13.9. The summed E-state index contributed by atoms with van der Waals surface area (Å²) in [5.74, 6) is -2.64. The number of amides is 1. The van der Waals surface area contributed by atoms with Crippen molar-refractivity contribution in [2.24, 2.45) is 0 Å². The molecule has 2 N–H and O–H groups in total. The van der Waals surface area contributed by atoms with Gasteiger partial charge in [0.1, 0.15) is 5.69 Å². The number of fused-ring (bicyclic) bond motifs is 1. The van der Waals surface area contributed by atoms with Gasteiger partial charge in [0, 0.05) is 30.2 Å². The Hall–Kier alpha value is -3.88. The Morgan fingerprint density at radius 1 is 0.938 bits per heavy atom. The monoisotopic (exact) mass is 434 g/mol. The molecule has 0 unspecified atom stereocenters. The summed E-state index contributed by atoms with van der Waals surface area (Å²) in [6, 6.07) is 7.64. The molecule has 0 spiro atoms. The second-order valence-electron chi connectivity index (χ2n) is 7.74. The quantitative estimate of drug-likeness (QED) is 0.492. The molecule has 4 heterocycles. The van der Waals surface area contributed by atoms with E-state index >= 15 is 0 Å². The van der Waals surface area contributed by atoms with Crippen LogP contribution in [-0.4, -0.2) is 39.2 Å². The molecule has 1 fully saturated rings. The first-order chi connectivity index (χ1) is 15.6. The highest BCUT2D eigenvalue weighted by atomic mass is 19.1. The molecule has 0 bridgehead atoms. The fraction of sp³-hybridized carbons (Fsp3) is 0.217. The molecule has 1 aliphatic rings. The molecule has 0 saturated carbocycles. The third kappa shape index (κ3) is 3.77. The van der Waals surface area contributed by atoms with Crippen molar-refractivity contribution in [3.8, 4) is 11.1 Å². The van der Waals surface area contributed by atoms with Crippen LogP contribution in [0, 0.1) is 11.6 Å². The first-order valence-electron chi connectivity index (χ1n) is 10.4. The molecule has 162 valence electrons. The fourth-order valence-corrected chi connectivity index (χ4v) is 3.98. The largest absolute Gasteiger partial charge is 0.370 e. The number of hydrogen-bond donors (Lipinski definition) is 2. The average molecular weight is 434 g/mol. The van der Waals surface area contributed by atoms with Crippen LogP contribution in [0.3, 0.4) is 0 Å². The van der Waals surface area contributed by atoms with E-state index < -0.39 is 23.2 Å². The number of benzene rings is 1. The standard InChI is InChI=1S/C23H20F2N6O/c24-18-12-27-13-19(25)22(18)28-23(32)21-17-9-14(4-5-20(17)29-30-21)15-8-16(11-26-10-15)31-6-2-1-3-7-31/h4-5,8-13H,1-3,6-7H2,(H,29,30)(H,27,28,32). The summed E-state index contributed by atoms with van der Waals surface area (Å²) in [4.78, 5) is 22.9. The van der Waals surface area contributed by atoms with E-state index in [1.165, 1.54) is 19.3 Å². The second-order valence-corrected chi connectivity index (χ2v) is 7.74. The molecule has 5 rings (SSSR count). The van der Waals surface area contributed by atoms with Crippen LogP contribution < -0.4 is 10.2 Å². The maximum absolute atomic E-state index is 13.9. The summed E-state index contributed by atoms with van der Waals surface area (Å²) in [7, 11) is 0. The molecule has 1 aliphatic heterocycles. The van der Waals surface area contributed by atoms with Crippen molar-refractivity contribution >= 4 is 28.2 Å². The van der Waals surface area contributed by atoms with Gasteiger partial charge in [0.25, 0.3) is 5.91 Å². The van der Waals surface area contributed by atoms with Gasteiger partial charge in [-0.1, -0.05) is 6.07 Å². The Balaban J connectivity index is 1.47. The molecule has 0 aliphatic carbocycles. The van der Waals surface area contributed by atoms with Gasteiger partial charge in [-0.3, -0.25) is 19.9 Å². The van der Waals surface area contributed by atoms with Gasteiger partial charge < -0.3 is 10.2 Å². The van der Waals surface area contributed by atoms with Crippen molar-refractivity contribution in [1.82, 2.24) is 20.2 Å². The number of anilines is 2. The van der Waals surface area contributed by atoms with Crippen LogP contribution >= 0.6 is 0 Å². The number of halogens is 2. The maximum Gasteiger partial charge on any atom is 0.276 e. The Labute approximate surface area is 182 Å². The summed E-state index contributed by atoms with van der Waals surface area (Å²) in [5, 5.41) is 9.64. The van der Waals surface area contributed by atoms with Crippen molar-refractivity contribution in [2.45, 2.75) is 19.3 Å². The predicted molar refractivity (Wildman–Crippen MR) is 117 cm³/mol. The lowest BCUT2D eigenvalue weighted by atomic mass is 10.0. The van der Waals surface area contributed by atoms with Crippen LogP contribution in [-0.2, 0) is 0 Å². The summed E-state index contributed by atoms with van der Waals surface area (Å²) in [6.07, 6.45) is 8.89. The molecule has 32 heavy (non-hydrogen) atoms. The molecule has 0 atom stereocenters. The molecular formula is C23H20F2N6O. The van der Waals surface area contributed by atoms with Crippen molar-refractivity contribution in [1.29, 1.82) is 0 Å². The van der Waals surface area contributed by atoms with Gasteiger partial charge in [-0.15, -0.1) is 0 Å². The number of hydrogen-bond acceptors (Lipinski definition) is 5. The number of nitrogens with zero attached hydrogens (tertiary/aromatic N) is 4. The van der Waals surface area contributed by atoms with Gasteiger partial charge in [0.2, 0.25) is 0 Å². The van der Waals surface area contributed by atoms with Crippen molar-refractivity contribution in [3.05, 3.63) is 66.4 Å². The summed E-state index contributed by atoms with van der Waals surface area (Å²) in [5.41, 5.74) is 2.95. The van der Waals surface area contributed by atoms with Gasteiger partial charge in [-0.2, -0.15) is 5.10 Å². The number of pyridine rings is 2. The van der Waals surface area contributed by atoms with Crippen LogP contribution in [0.5, 0.6) is 0 Å². The molecule has 1 amide bonds. The lowest BCUT2D eigenvalue weighted by molar-refractivity contribution is 0.102. The Bertz CT molecular complexity index is 1280. The Morgan fingerprint density at radius 3 is 2.47 bits per heavy atom. The highest BCUT2D eigenvalue weighted by Crippen LogP contribution is 2.29. The third-order valence-electron chi connectivity index (χ3n) is 5.65. The van der Waals surface area contributed by atoms with E-state index in [9.17, 15) is 13.6 Å². The molecule has 0 radical (unpaired) electrons.